The standard InChI is InChI=1S/C12H10ClN5O2S/c1-19-6-3-4-7(16-10(6)20-2)15-9-8-11(21-5-14-8)18-12(13)17-9/h3-5H,1-2H3,(H,15,16,17,18). The van der Waals surface area contributed by atoms with Crippen LogP contribution in [-0.4, -0.2) is 34.2 Å². The lowest BCUT2D eigenvalue weighted by molar-refractivity contribution is 0.343. The van der Waals surface area contributed by atoms with Crippen molar-refractivity contribution in [1.82, 2.24) is 19.9 Å². The SMILES string of the molecule is COc1ccc(Nc2nc(Cl)nc3scnc23)nc1OC. The van der Waals surface area contributed by atoms with Crippen molar-refractivity contribution in [3.63, 3.8) is 0 Å². The zero-order valence-electron chi connectivity index (χ0n) is 11.1. The Labute approximate surface area is 128 Å². The monoisotopic (exact) mass is 323 g/mol. The molecule has 0 aliphatic heterocycles. The Hall–Kier alpha value is -2.19. The first-order valence-electron chi connectivity index (χ1n) is 5.84. The van der Waals surface area contributed by atoms with E-state index in [9.17, 15) is 0 Å². The van der Waals surface area contributed by atoms with E-state index in [4.69, 9.17) is 21.1 Å². The number of nitrogens with one attached hydrogen (secondary N) is 1. The van der Waals surface area contributed by atoms with Crippen molar-refractivity contribution in [3.8, 4) is 11.6 Å². The van der Waals surface area contributed by atoms with Crippen molar-refractivity contribution in [2.24, 2.45) is 0 Å². The maximum atomic E-state index is 5.90. The molecular formula is C12H10ClN5O2S. The van der Waals surface area contributed by atoms with E-state index in [0.29, 0.717) is 33.6 Å². The molecule has 1 N–H and O–H groups in total. The van der Waals surface area contributed by atoms with Gasteiger partial charge in [0.2, 0.25) is 5.28 Å². The molecule has 108 valence electrons. The first kappa shape index (κ1) is 13.8. The summed E-state index contributed by atoms with van der Waals surface area (Å²) in [5, 5.41) is 3.21. The average Bonchev–Trinajstić information content (AvgIpc) is 2.95. The second-order valence-electron chi connectivity index (χ2n) is 3.88. The highest BCUT2D eigenvalue weighted by Crippen LogP contribution is 2.29. The van der Waals surface area contributed by atoms with Crippen molar-refractivity contribution in [2.75, 3.05) is 19.5 Å². The predicted octanol–water partition coefficient (Wildman–Crippen LogP) is 2.90. The molecule has 0 spiro atoms. The van der Waals surface area contributed by atoms with Gasteiger partial charge in [-0.05, 0) is 23.7 Å². The lowest BCUT2D eigenvalue weighted by Gasteiger charge is -2.09. The van der Waals surface area contributed by atoms with Gasteiger partial charge in [0.25, 0.3) is 5.88 Å². The van der Waals surface area contributed by atoms with Crippen molar-refractivity contribution < 1.29 is 9.47 Å². The third-order valence-electron chi connectivity index (χ3n) is 2.66. The first-order chi connectivity index (χ1) is 10.2. The number of rotatable bonds is 4. The normalized spacial score (nSPS) is 10.6. The van der Waals surface area contributed by atoms with Crippen molar-refractivity contribution >= 4 is 44.9 Å². The highest BCUT2D eigenvalue weighted by molar-refractivity contribution is 7.16. The lowest BCUT2D eigenvalue weighted by Crippen LogP contribution is -2.01. The van der Waals surface area contributed by atoms with E-state index in [1.165, 1.54) is 18.4 Å². The van der Waals surface area contributed by atoms with Gasteiger partial charge in [0.15, 0.2) is 16.4 Å². The van der Waals surface area contributed by atoms with E-state index in [0.717, 1.165) is 0 Å². The largest absolute Gasteiger partial charge is 0.491 e. The van der Waals surface area contributed by atoms with E-state index < -0.39 is 0 Å². The van der Waals surface area contributed by atoms with Crippen LogP contribution in [0.3, 0.4) is 0 Å². The van der Waals surface area contributed by atoms with Crippen molar-refractivity contribution in [3.05, 3.63) is 22.9 Å². The number of methoxy groups -OCH3 is 2. The second kappa shape index (κ2) is 5.66. The molecule has 0 fully saturated rings. The lowest BCUT2D eigenvalue weighted by atomic mass is 10.4. The number of pyridine rings is 1. The predicted molar refractivity (Wildman–Crippen MR) is 80.8 cm³/mol. The average molecular weight is 324 g/mol. The second-order valence-corrected chi connectivity index (χ2v) is 5.05. The zero-order valence-corrected chi connectivity index (χ0v) is 12.7. The molecule has 0 aliphatic rings. The Morgan fingerprint density at radius 2 is 2.00 bits per heavy atom. The zero-order chi connectivity index (χ0) is 14.8. The van der Waals surface area contributed by atoms with Crippen LogP contribution in [0.15, 0.2) is 17.6 Å². The molecule has 3 aromatic heterocycles. The van der Waals surface area contributed by atoms with Crippen LogP contribution in [0.2, 0.25) is 5.28 Å². The van der Waals surface area contributed by atoms with Crippen molar-refractivity contribution in [1.29, 1.82) is 0 Å². The molecule has 7 nitrogen and oxygen atoms in total. The van der Waals surface area contributed by atoms with Gasteiger partial charge < -0.3 is 14.8 Å². The Balaban J connectivity index is 2.00. The van der Waals surface area contributed by atoms with Crippen LogP contribution in [0.1, 0.15) is 0 Å². The number of hydrogen-bond donors (Lipinski definition) is 1. The van der Waals surface area contributed by atoms with Crippen LogP contribution < -0.4 is 14.8 Å². The quantitative estimate of drug-likeness (QED) is 0.739. The molecule has 0 aromatic carbocycles. The molecule has 9 heteroatoms. The van der Waals surface area contributed by atoms with E-state index in [-0.39, 0.29) is 5.28 Å². The van der Waals surface area contributed by atoms with Crippen LogP contribution in [0, 0.1) is 0 Å². The van der Waals surface area contributed by atoms with Gasteiger partial charge >= 0.3 is 0 Å². The number of aromatic nitrogens is 4. The van der Waals surface area contributed by atoms with Crippen LogP contribution >= 0.6 is 22.9 Å². The number of thiazole rings is 1. The maximum absolute atomic E-state index is 5.90. The molecule has 3 heterocycles. The van der Waals surface area contributed by atoms with Crippen LogP contribution in [-0.2, 0) is 0 Å². The van der Waals surface area contributed by atoms with Crippen LogP contribution in [0.4, 0.5) is 11.6 Å². The Morgan fingerprint density at radius 3 is 2.76 bits per heavy atom. The third kappa shape index (κ3) is 2.67. The van der Waals surface area contributed by atoms with Gasteiger partial charge in [-0.25, -0.2) is 9.97 Å². The molecule has 0 unspecified atom stereocenters. The fourth-order valence-electron chi connectivity index (χ4n) is 1.74. The molecule has 0 saturated heterocycles. The van der Waals surface area contributed by atoms with Gasteiger partial charge in [-0.15, -0.1) is 11.3 Å². The summed E-state index contributed by atoms with van der Waals surface area (Å²) in [5.41, 5.74) is 2.32. The number of fused-ring (bicyclic) bond motifs is 1. The summed E-state index contributed by atoms with van der Waals surface area (Å²) in [7, 11) is 3.07. The van der Waals surface area contributed by atoms with E-state index in [1.54, 1.807) is 24.8 Å². The molecular weight excluding hydrogens is 314 g/mol. The van der Waals surface area contributed by atoms with Crippen LogP contribution in [0.5, 0.6) is 11.6 Å². The number of anilines is 2. The molecule has 0 radical (unpaired) electrons. The molecule has 0 atom stereocenters. The number of hydrogen-bond acceptors (Lipinski definition) is 8. The fraction of sp³-hybridized carbons (Fsp3) is 0.167. The van der Waals surface area contributed by atoms with E-state index in [1.807, 2.05) is 0 Å². The summed E-state index contributed by atoms with van der Waals surface area (Å²) in [6, 6.07) is 3.49. The fourth-order valence-corrected chi connectivity index (χ4v) is 2.62. The first-order valence-corrected chi connectivity index (χ1v) is 7.10. The van der Waals surface area contributed by atoms with Gasteiger partial charge in [0, 0.05) is 0 Å². The maximum Gasteiger partial charge on any atom is 0.258 e. The number of nitrogens with zero attached hydrogens (tertiary/aromatic N) is 4. The molecule has 0 bridgehead atoms. The smallest absolute Gasteiger partial charge is 0.258 e. The highest BCUT2D eigenvalue weighted by atomic mass is 35.5. The molecule has 3 rings (SSSR count). The Kier molecular flexibility index (Phi) is 3.72. The summed E-state index contributed by atoms with van der Waals surface area (Å²) in [6.45, 7) is 0. The minimum atomic E-state index is 0.148. The molecule has 0 aliphatic carbocycles. The highest BCUT2D eigenvalue weighted by Gasteiger charge is 2.12. The van der Waals surface area contributed by atoms with Crippen molar-refractivity contribution in [2.45, 2.75) is 0 Å². The molecule has 0 amide bonds. The summed E-state index contributed by atoms with van der Waals surface area (Å²) < 4.78 is 10.3. The molecule has 21 heavy (non-hydrogen) atoms. The Bertz CT molecular complexity index is 794. The van der Waals surface area contributed by atoms with Gasteiger partial charge in [-0.1, -0.05) is 0 Å². The summed E-state index contributed by atoms with van der Waals surface area (Å²) in [6.07, 6.45) is 0. The minimum Gasteiger partial charge on any atom is -0.491 e. The van der Waals surface area contributed by atoms with Gasteiger partial charge in [-0.3, -0.25) is 0 Å². The van der Waals surface area contributed by atoms with E-state index in [2.05, 4.69) is 25.3 Å². The number of halogens is 1. The van der Waals surface area contributed by atoms with Gasteiger partial charge in [0.05, 0.1) is 19.7 Å². The van der Waals surface area contributed by atoms with E-state index >= 15 is 0 Å². The summed E-state index contributed by atoms with van der Waals surface area (Å²) in [5.74, 6) is 1.95. The topological polar surface area (TPSA) is 82.0 Å². The van der Waals surface area contributed by atoms with Crippen LogP contribution in [0.25, 0.3) is 10.3 Å². The summed E-state index contributed by atoms with van der Waals surface area (Å²) >= 11 is 7.29. The molecule has 0 saturated carbocycles. The summed E-state index contributed by atoms with van der Waals surface area (Å²) in [4.78, 5) is 17.5. The van der Waals surface area contributed by atoms with Gasteiger partial charge in [-0.2, -0.15) is 9.97 Å². The molecule has 3 aromatic rings. The van der Waals surface area contributed by atoms with Gasteiger partial charge in [0.1, 0.15) is 11.3 Å². The third-order valence-corrected chi connectivity index (χ3v) is 3.54. The minimum absolute atomic E-state index is 0.148. The Morgan fingerprint density at radius 1 is 1.14 bits per heavy atom. The number of ether oxygens (including phenoxy) is 2.